The van der Waals surface area contributed by atoms with Crippen LogP contribution in [0.2, 0.25) is 0 Å². The predicted molar refractivity (Wildman–Crippen MR) is 77.7 cm³/mol. The summed E-state index contributed by atoms with van der Waals surface area (Å²) >= 11 is 0. The summed E-state index contributed by atoms with van der Waals surface area (Å²) in [6.45, 7) is 4.99. The van der Waals surface area contributed by atoms with Gasteiger partial charge in [-0.2, -0.15) is 0 Å². The van der Waals surface area contributed by atoms with Gasteiger partial charge in [-0.3, -0.25) is 0 Å². The topological polar surface area (TPSA) is 47.6 Å². The largest absolute Gasteiger partial charge is 0.462 e. The average molecular weight is 277 g/mol. The molecule has 1 N–H and O–H groups in total. The number of carbonyl (C=O) groups is 1. The van der Waals surface area contributed by atoms with Crippen LogP contribution < -0.4 is 5.32 Å². The molecule has 0 aliphatic carbocycles. The fourth-order valence-electron chi connectivity index (χ4n) is 2.24. The summed E-state index contributed by atoms with van der Waals surface area (Å²) in [6, 6.07) is 7.49. The molecule has 0 aromatic heterocycles. The van der Waals surface area contributed by atoms with Crippen molar-refractivity contribution < 1.29 is 14.3 Å². The maximum Gasteiger partial charge on any atom is 0.338 e. The van der Waals surface area contributed by atoms with Gasteiger partial charge in [0, 0.05) is 6.54 Å². The van der Waals surface area contributed by atoms with Gasteiger partial charge in [0.05, 0.1) is 24.9 Å². The third-order valence-electron chi connectivity index (χ3n) is 3.34. The van der Waals surface area contributed by atoms with E-state index < -0.39 is 0 Å². The van der Waals surface area contributed by atoms with E-state index in [9.17, 15) is 4.79 Å². The number of ether oxygens (including phenoxy) is 2. The van der Waals surface area contributed by atoms with Crippen molar-refractivity contribution in [3.63, 3.8) is 0 Å². The Morgan fingerprint density at radius 2 is 2.35 bits per heavy atom. The van der Waals surface area contributed by atoms with Crippen LogP contribution in [0.5, 0.6) is 0 Å². The summed E-state index contributed by atoms with van der Waals surface area (Å²) < 4.78 is 11.0. The van der Waals surface area contributed by atoms with Gasteiger partial charge < -0.3 is 14.8 Å². The first-order chi connectivity index (χ1) is 9.79. The molecule has 0 bridgehead atoms. The van der Waals surface area contributed by atoms with Crippen LogP contribution in [-0.2, 0) is 16.1 Å². The first-order valence-electron chi connectivity index (χ1n) is 7.38. The van der Waals surface area contributed by atoms with Crippen molar-refractivity contribution in [2.24, 2.45) is 0 Å². The molecule has 0 amide bonds. The molecule has 4 heteroatoms. The molecule has 0 saturated carbocycles. The molecule has 1 aromatic rings. The minimum absolute atomic E-state index is 0.256. The van der Waals surface area contributed by atoms with Crippen LogP contribution >= 0.6 is 0 Å². The number of nitrogens with one attached hydrogen (secondary N) is 1. The minimum atomic E-state index is -0.256. The normalized spacial score (nSPS) is 18.8. The van der Waals surface area contributed by atoms with Crippen molar-refractivity contribution in [3.8, 4) is 0 Å². The number of hydrogen-bond acceptors (Lipinski definition) is 4. The number of esters is 1. The molecule has 110 valence electrons. The van der Waals surface area contributed by atoms with E-state index in [4.69, 9.17) is 9.47 Å². The quantitative estimate of drug-likeness (QED) is 0.812. The summed E-state index contributed by atoms with van der Waals surface area (Å²) in [6.07, 6.45) is 3.38. The predicted octanol–water partition coefficient (Wildman–Crippen LogP) is 2.52. The molecule has 2 rings (SSSR count). The lowest BCUT2D eigenvalue weighted by atomic mass is 10.1. The molecule has 1 saturated heterocycles. The van der Waals surface area contributed by atoms with Gasteiger partial charge in [0.15, 0.2) is 0 Å². The fourth-order valence-corrected chi connectivity index (χ4v) is 2.24. The molecular weight excluding hydrogens is 254 g/mol. The molecule has 0 spiro atoms. The minimum Gasteiger partial charge on any atom is -0.462 e. The Morgan fingerprint density at radius 3 is 3.10 bits per heavy atom. The van der Waals surface area contributed by atoms with Crippen molar-refractivity contribution in [3.05, 3.63) is 35.4 Å². The zero-order valence-corrected chi connectivity index (χ0v) is 12.1. The van der Waals surface area contributed by atoms with Crippen LogP contribution in [-0.4, -0.2) is 31.8 Å². The van der Waals surface area contributed by atoms with E-state index in [1.54, 1.807) is 6.07 Å². The Kier molecular flexibility index (Phi) is 6.02. The summed E-state index contributed by atoms with van der Waals surface area (Å²) in [5.74, 6) is -0.256. The van der Waals surface area contributed by atoms with Crippen LogP contribution in [0.15, 0.2) is 24.3 Å². The fraction of sp³-hybridized carbons (Fsp3) is 0.562. The molecule has 1 aliphatic rings. The van der Waals surface area contributed by atoms with E-state index in [-0.39, 0.29) is 12.1 Å². The van der Waals surface area contributed by atoms with E-state index in [0.717, 1.165) is 37.9 Å². The van der Waals surface area contributed by atoms with Crippen LogP contribution in [0.25, 0.3) is 0 Å². The third kappa shape index (κ3) is 4.62. The van der Waals surface area contributed by atoms with E-state index in [0.29, 0.717) is 18.8 Å². The zero-order valence-electron chi connectivity index (χ0n) is 12.1. The molecular formula is C16H23NO3. The second-order valence-corrected chi connectivity index (χ2v) is 5.12. The number of piperidine rings is 1. The highest BCUT2D eigenvalue weighted by Crippen LogP contribution is 2.12. The smallest absolute Gasteiger partial charge is 0.338 e. The van der Waals surface area contributed by atoms with E-state index in [2.05, 4.69) is 5.32 Å². The highest BCUT2D eigenvalue weighted by Gasteiger charge is 2.13. The molecule has 1 atom stereocenters. The van der Waals surface area contributed by atoms with Crippen LogP contribution in [0.3, 0.4) is 0 Å². The number of carbonyl (C=O) groups excluding carboxylic acids is 1. The van der Waals surface area contributed by atoms with Gasteiger partial charge >= 0.3 is 5.97 Å². The monoisotopic (exact) mass is 277 g/mol. The van der Waals surface area contributed by atoms with Crippen molar-refractivity contribution in [2.75, 3.05) is 19.7 Å². The summed E-state index contributed by atoms with van der Waals surface area (Å²) in [4.78, 5) is 11.8. The van der Waals surface area contributed by atoms with E-state index >= 15 is 0 Å². The van der Waals surface area contributed by atoms with Crippen molar-refractivity contribution in [2.45, 2.75) is 38.9 Å². The first kappa shape index (κ1) is 15.0. The average Bonchev–Trinajstić information content (AvgIpc) is 2.52. The van der Waals surface area contributed by atoms with Crippen LogP contribution in [0, 0.1) is 0 Å². The van der Waals surface area contributed by atoms with Gasteiger partial charge in [0.25, 0.3) is 0 Å². The maximum atomic E-state index is 11.8. The zero-order chi connectivity index (χ0) is 14.2. The second-order valence-electron chi connectivity index (χ2n) is 5.12. The van der Waals surface area contributed by atoms with Gasteiger partial charge in [-0.1, -0.05) is 19.1 Å². The molecule has 20 heavy (non-hydrogen) atoms. The summed E-state index contributed by atoms with van der Waals surface area (Å²) in [5.41, 5.74) is 1.61. The van der Waals surface area contributed by atoms with Gasteiger partial charge in [-0.05, 0) is 43.5 Å². The van der Waals surface area contributed by atoms with Crippen molar-refractivity contribution >= 4 is 5.97 Å². The molecule has 1 heterocycles. The summed E-state index contributed by atoms with van der Waals surface area (Å²) in [7, 11) is 0. The van der Waals surface area contributed by atoms with Crippen molar-refractivity contribution in [1.29, 1.82) is 0 Å². The molecule has 1 unspecified atom stereocenters. The lowest BCUT2D eigenvalue weighted by molar-refractivity contribution is 0.0252. The second kappa shape index (κ2) is 8.02. The van der Waals surface area contributed by atoms with Gasteiger partial charge in [-0.25, -0.2) is 4.79 Å². The Morgan fingerprint density at radius 1 is 1.45 bits per heavy atom. The Bertz CT molecular complexity index is 427. The highest BCUT2D eigenvalue weighted by molar-refractivity contribution is 5.89. The Balaban J connectivity index is 1.86. The number of benzene rings is 1. The number of rotatable bonds is 6. The Hall–Kier alpha value is -1.39. The molecule has 1 aromatic carbocycles. The van der Waals surface area contributed by atoms with Gasteiger partial charge in [-0.15, -0.1) is 0 Å². The van der Waals surface area contributed by atoms with Gasteiger partial charge in [0.1, 0.15) is 0 Å². The van der Waals surface area contributed by atoms with Crippen molar-refractivity contribution in [1.82, 2.24) is 5.32 Å². The standard InChI is InChI=1S/C16H23NO3/c1-2-9-19-16(18)14-6-3-5-13(10-14)12-20-15-7-4-8-17-11-15/h3,5-6,10,15,17H,2,4,7-9,11-12H2,1H3. The lowest BCUT2D eigenvalue weighted by Gasteiger charge is -2.23. The maximum absolute atomic E-state index is 11.8. The Labute approximate surface area is 120 Å². The van der Waals surface area contributed by atoms with E-state index in [1.165, 1.54) is 0 Å². The van der Waals surface area contributed by atoms with E-state index in [1.807, 2.05) is 25.1 Å². The first-order valence-corrected chi connectivity index (χ1v) is 7.38. The SMILES string of the molecule is CCCOC(=O)c1cccc(COC2CCCNC2)c1. The lowest BCUT2D eigenvalue weighted by Crippen LogP contribution is -2.35. The van der Waals surface area contributed by atoms with Crippen LogP contribution in [0.1, 0.15) is 42.1 Å². The number of hydrogen-bond donors (Lipinski definition) is 1. The van der Waals surface area contributed by atoms with Gasteiger partial charge in [0.2, 0.25) is 0 Å². The molecule has 0 radical (unpaired) electrons. The molecule has 1 fully saturated rings. The highest BCUT2D eigenvalue weighted by atomic mass is 16.5. The van der Waals surface area contributed by atoms with Crippen LogP contribution in [0.4, 0.5) is 0 Å². The third-order valence-corrected chi connectivity index (χ3v) is 3.34. The summed E-state index contributed by atoms with van der Waals surface area (Å²) in [5, 5.41) is 3.32. The molecule has 1 aliphatic heterocycles. The molecule has 4 nitrogen and oxygen atoms in total.